The van der Waals surface area contributed by atoms with Gasteiger partial charge in [0.05, 0.1) is 27.3 Å². The second kappa shape index (κ2) is 24.4. The van der Waals surface area contributed by atoms with Crippen LogP contribution in [0.3, 0.4) is 0 Å². The third-order valence-corrected chi connectivity index (χ3v) is 12.9. The molecule has 70 heavy (non-hydrogen) atoms. The van der Waals surface area contributed by atoms with Gasteiger partial charge in [0.1, 0.15) is 33.8 Å². The molecule has 0 spiro atoms. The van der Waals surface area contributed by atoms with Gasteiger partial charge in [-0.05, 0) is 137 Å². The number of carbonyl (C=O) groups excluding carboxylic acids is 1. The number of nitrogens with zero attached hydrogens (tertiary/aromatic N) is 9. The van der Waals surface area contributed by atoms with Crippen molar-refractivity contribution in [1.29, 1.82) is 0 Å². The zero-order chi connectivity index (χ0) is 48.2. The topological polar surface area (TPSA) is 191 Å². The van der Waals surface area contributed by atoms with Gasteiger partial charge in [-0.25, -0.2) is 42.7 Å². The molecule has 0 aromatic carbocycles. The van der Waals surface area contributed by atoms with Crippen LogP contribution in [0.5, 0.6) is 17.6 Å². The standard InChI is InChI=1S/C16H16ClN5O.C16H17ClN2O2.C13H11ClN2O2.C3H5.CH3FS.BrH.Mg/c1-16(21-22-18,9-2-3-9)13-8-20-15(23-10-4-5-10)12-7-19-14(17)6-11(12)13;1-16(20,9-2-3-9)13-8-19-15(21-10-4-5-10)12-7-18-14(17)6-11(12)13;1-7(17)10-5-16-13(18-8-2-3-8)11-6-15-12(14)4-9(10)11;1-2-3-1;1-3-2;;/h6-10H,2-5H2,1H3;6-10,20H,2-5H2,1H3;4-6,8H,2-3H2,1H3;1H,2-3H2;1H3;1H;/q;;;-1;;;+2/p-1. The minimum Gasteiger partial charge on any atom is -1.00 e. The van der Waals surface area contributed by atoms with Crippen LogP contribution >= 0.6 is 47.0 Å². The van der Waals surface area contributed by atoms with Gasteiger partial charge in [-0.3, -0.25) is 4.79 Å². The van der Waals surface area contributed by atoms with E-state index >= 15 is 0 Å². The molecule has 0 radical (unpaired) electrons. The molecule has 0 saturated heterocycles. The molecular weight excluding hydrogens is 1060 g/mol. The van der Waals surface area contributed by atoms with Gasteiger partial charge in [0.15, 0.2) is 5.78 Å². The molecule has 2 atom stereocenters. The molecule has 14 nitrogen and oxygen atoms in total. The van der Waals surface area contributed by atoms with Crippen LogP contribution in [0.15, 0.2) is 60.5 Å². The number of rotatable bonds is 12. The van der Waals surface area contributed by atoms with Crippen molar-refractivity contribution >= 4 is 108 Å². The maximum atomic E-state index is 11.6. The van der Waals surface area contributed by atoms with Crippen molar-refractivity contribution in [1.82, 2.24) is 29.9 Å². The molecule has 366 valence electrons. The van der Waals surface area contributed by atoms with E-state index in [-0.39, 0.29) is 76.3 Å². The number of carbonyl (C=O) groups is 1. The zero-order valence-electron chi connectivity index (χ0n) is 39.3. The second-order valence-corrected chi connectivity index (χ2v) is 19.6. The largest absolute Gasteiger partial charge is 2.00 e. The quantitative estimate of drug-likeness (QED) is 0.0232. The third-order valence-electron chi connectivity index (χ3n) is 12.3. The monoisotopic (exact) mass is 1110 g/mol. The van der Waals surface area contributed by atoms with Crippen LogP contribution in [0.4, 0.5) is 3.89 Å². The molecule has 1 N–H and O–H groups in total. The molecule has 6 aliphatic rings. The van der Waals surface area contributed by atoms with Crippen molar-refractivity contribution in [3.63, 3.8) is 0 Å². The predicted molar refractivity (Wildman–Crippen MR) is 270 cm³/mol. The molecule has 6 aliphatic carbocycles. The average Bonchev–Trinajstić information content (AvgIpc) is 4.10. The summed E-state index contributed by atoms with van der Waals surface area (Å²) in [5, 5.41) is 21.0. The van der Waals surface area contributed by atoms with Gasteiger partial charge in [0, 0.05) is 77.0 Å². The minimum atomic E-state index is -0.881. The first-order valence-electron chi connectivity index (χ1n) is 22.8. The van der Waals surface area contributed by atoms with E-state index < -0.39 is 11.1 Å². The van der Waals surface area contributed by atoms with E-state index in [1.54, 1.807) is 55.4 Å². The van der Waals surface area contributed by atoms with Crippen LogP contribution in [-0.4, -0.2) is 88.4 Å². The molecule has 6 aromatic heterocycles. The average molecular weight is 1110 g/mol. The number of aliphatic hydroxyl groups is 1. The first kappa shape index (κ1) is 55.7. The SMILES string of the molecule is CC(=O)c1cnc(OC2CC2)c2cnc(Cl)cc12.CC(N=[N+]=[N-])(c1cnc(OC2CC2)c2cnc(Cl)cc12)C1CC1.CC(O)(c1cnc(OC2CC2)c2cnc(Cl)cc12)C1CC1.CSF.[Br-].[CH-]1CC1.[Mg+2]. The summed E-state index contributed by atoms with van der Waals surface area (Å²) in [6, 6.07) is 5.28. The Bertz CT molecular complexity index is 2870. The summed E-state index contributed by atoms with van der Waals surface area (Å²) in [4.78, 5) is 40.1. The first-order valence-corrected chi connectivity index (χ1v) is 25.1. The number of halogens is 5. The molecule has 21 heteroatoms. The van der Waals surface area contributed by atoms with E-state index in [4.69, 9.17) is 54.5 Å². The van der Waals surface area contributed by atoms with E-state index in [0.29, 0.717) is 50.5 Å². The van der Waals surface area contributed by atoms with Crippen molar-refractivity contribution in [2.45, 2.75) is 127 Å². The summed E-state index contributed by atoms with van der Waals surface area (Å²) in [6.07, 6.45) is 27.7. The normalized spacial score (nSPS) is 18.0. The zero-order valence-corrected chi connectivity index (χ0v) is 45.3. The van der Waals surface area contributed by atoms with Crippen molar-refractivity contribution in [2.24, 2.45) is 17.0 Å². The van der Waals surface area contributed by atoms with Crippen LogP contribution in [0.2, 0.25) is 15.5 Å². The Morgan fingerprint density at radius 2 is 1.06 bits per heavy atom. The first-order chi connectivity index (χ1) is 32.7. The van der Waals surface area contributed by atoms with E-state index in [9.17, 15) is 13.8 Å². The molecule has 0 amide bonds. The van der Waals surface area contributed by atoms with Crippen molar-refractivity contribution < 1.29 is 45.0 Å². The van der Waals surface area contributed by atoms with Gasteiger partial charge in [-0.2, -0.15) is 3.89 Å². The van der Waals surface area contributed by atoms with Crippen molar-refractivity contribution in [3.8, 4) is 17.6 Å². The number of Topliss-reactive ketones (excluding diaryl/α,β-unsaturated/α-hetero) is 1. The number of fused-ring (bicyclic) bond motifs is 3. The van der Waals surface area contributed by atoms with Crippen LogP contribution < -0.4 is 31.2 Å². The Balaban J connectivity index is 0.000000161. The fourth-order valence-corrected chi connectivity index (χ4v) is 8.09. The Morgan fingerprint density at radius 1 is 0.686 bits per heavy atom. The Hall–Kier alpha value is -3.58. The van der Waals surface area contributed by atoms with Crippen LogP contribution in [0.25, 0.3) is 42.8 Å². The fraction of sp³-hybridized carbons (Fsp3) is 0.469. The van der Waals surface area contributed by atoms with Gasteiger partial charge < -0.3 is 42.7 Å². The van der Waals surface area contributed by atoms with Crippen LogP contribution in [0, 0.1) is 18.3 Å². The molecule has 2 unspecified atom stereocenters. The van der Waals surface area contributed by atoms with E-state index in [1.807, 2.05) is 13.8 Å². The number of aromatic nitrogens is 6. The molecular formula is C49H52BrCl3FMgN9O5S. The summed E-state index contributed by atoms with van der Waals surface area (Å²) in [6.45, 7) is 5.33. The second-order valence-electron chi connectivity index (χ2n) is 18.2. The predicted octanol–water partition coefficient (Wildman–Crippen LogP) is 10.1. The maximum Gasteiger partial charge on any atom is 2.00 e. The van der Waals surface area contributed by atoms with Gasteiger partial charge >= 0.3 is 23.1 Å². The maximum absolute atomic E-state index is 11.6. The molecule has 12 rings (SSSR count). The van der Waals surface area contributed by atoms with Gasteiger partial charge in [0.25, 0.3) is 0 Å². The summed E-state index contributed by atoms with van der Waals surface area (Å²) in [5.41, 5.74) is 9.76. The summed E-state index contributed by atoms with van der Waals surface area (Å²) < 4.78 is 27.6. The molecule has 0 bridgehead atoms. The molecule has 6 aromatic rings. The Kier molecular flexibility index (Phi) is 19.4. The minimum absolute atomic E-state index is 0. The van der Waals surface area contributed by atoms with Crippen molar-refractivity contribution in [2.75, 3.05) is 6.26 Å². The number of azide groups is 1. The van der Waals surface area contributed by atoms with Gasteiger partial charge in [0.2, 0.25) is 17.6 Å². The summed E-state index contributed by atoms with van der Waals surface area (Å²) in [5.74, 6) is 2.28. The van der Waals surface area contributed by atoms with E-state index in [1.165, 1.54) is 26.0 Å². The summed E-state index contributed by atoms with van der Waals surface area (Å²) >= 11 is 18.3. The third kappa shape index (κ3) is 14.3. The van der Waals surface area contributed by atoms with E-state index in [2.05, 4.69) is 46.4 Å². The Morgan fingerprint density at radius 3 is 1.43 bits per heavy atom. The van der Waals surface area contributed by atoms with E-state index in [0.717, 1.165) is 108 Å². The molecule has 0 aliphatic heterocycles. The Labute approximate surface area is 452 Å². The van der Waals surface area contributed by atoms with Crippen LogP contribution in [-0.2, 0) is 11.1 Å². The van der Waals surface area contributed by atoms with Gasteiger partial charge in [-0.1, -0.05) is 39.9 Å². The van der Waals surface area contributed by atoms with Gasteiger partial charge in [-0.15, -0.1) is 0 Å². The number of hydrogen-bond donors (Lipinski definition) is 1. The smallest absolute Gasteiger partial charge is 1.00 e. The number of hydrogen-bond acceptors (Lipinski definition) is 13. The molecule has 6 saturated carbocycles. The fourth-order valence-electron chi connectivity index (χ4n) is 7.62. The number of ether oxygens (including phenoxy) is 3. The number of pyridine rings is 6. The molecule has 6 fully saturated rings. The molecule has 6 heterocycles. The van der Waals surface area contributed by atoms with Crippen LogP contribution in [0.1, 0.15) is 119 Å². The van der Waals surface area contributed by atoms with Crippen molar-refractivity contribution in [3.05, 3.63) is 104 Å². The summed E-state index contributed by atoms with van der Waals surface area (Å²) in [7, 11) is 0. The number of ketones is 1.